The van der Waals surface area contributed by atoms with Gasteiger partial charge < -0.3 is 14.7 Å². The molecular weight excluding hydrogens is 200 g/mol. The molecule has 0 spiro atoms. The molecule has 0 aliphatic rings. The van der Waals surface area contributed by atoms with Crippen molar-refractivity contribution in [2.45, 2.75) is 6.92 Å². The smallest absolute Gasteiger partial charge is 0.187 e. The lowest BCUT2D eigenvalue weighted by atomic mass is 10.3. The number of aromatic nitrogens is 1. The predicted molar refractivity (Wildman–Crippen MR) is 58.0 cm³/mol. The fourth-order valence-electron chi connectivity index (χ4n) is 0.951. The highest BCUT2D eigenvalue weighted by molar-refractivity contribution is 7.80. The summed E-state index contributed by atoms with van der Waals surface area (Å²) in [6.45, 7) is 5.67. The second kappa shape index (κ2) is 4.21. The van der Waals surface area contributed by atoms with E-state index < -0.39 is 0 Å². The van der Waals surface area contributed by atoms with Gasteiger partial charge in [-0.15, -0.1) is 0 Å². The molecule has 76 valence electrons. The molecule has 1 aromatic rings. The zero-order valence-electron chi connectivity index (χ0n) is 8.07. The maximum atomic E-state index is 5.18. The van der Waals surface area contributed by atoms with Crippen LogP contribution in [0.2, 0.25) is 0 Å². The van der Waals surface area contributed by atoms with Gasteiger partial charge in [0.1, 0.15) is 0 Å². The van der Waals surface area contributed by atoms with E-state index in [4.69, 9.17) is 22.5 Å². The molecule has 1 aromatic heterocycles. The fourth-order valence-corrected chi connectivity index (χ4v) is 1.06. The molecule has 3 N–H and O–H groups in total. The summed E-state index contributed by atoms with van der Waals surface area (Å²) in [6, 6.07) is 0. The molecule has 0 amide bonds. The Labute approximate surface area is 87.6 Å². The number of rotatable bonds is 2. The van der Waals surface area contributed by atoms with Crippen molar-refractivity contribution in [3.05, 3.63) is 24.4 Å². The maximum absolute atomic E-state index is 5.18. The number of nitrogens with one attached hydrogen (secondary N) is 1. The van der Waals surface area contributed by atoms with Gasteiger partial charge in [0.25, 0.3) is 0 Å². The van der Waals surface area contributed by atoms with Crippen molar-refractivity contribution in [1.82, 2.24) is 15.3 Å². The predicted octanol–water partition coefficient (Wildman–Crippen LogP) is 0.634. The molecule has 0 aliphatic carbocycles. The van der Waals surface area contributed by atoms with Gasteiger partial charge in [0.05, 0.1) is 11.4 Å². The first-order valence-corrected chi connectivity index (χ1v) is 4.32. The molecule has 0 atom stereocenters. The van der Waals surface area contributed by atoms with Gasteiger partial charge in [-0.25, -0.2) is 10.8 Å². The zero-order valence-corrected chi connectivity index (χ0v) is 8.89. The first kappa shape index (κ1) is 10.7. The standard InChI is InChI=1S/C8H12N4OS/c1-5-7(13-4-10-5)6(2)12(3)8(14)11-9/h4H,2,9H2,1,3H3,(H,11,14). The zero-order chi connectivity index (χ0) is 10.7. The first-order chi connectivity index (χ1) is 6.57. The summed E-state index contributed by atoms with van der Waals surface area (Å²) in [5, 5.41) is 0.366. The van der Waals surface area contributed by atoms with E-state index in [1.807, 2.05) is 6.92 Å². The van der Waals surface area contributed by atoms with Gasteiger partial charge in [0, 0.05) is 7.05 Å². The van der Waals surface area contributed by atoms with Crippen molar-refractivity contribution < 1.29 is 4.42 Å². The lowest BCUT2D eigenvalue weighted by molar-refractivity contribution is 0.524. The number of thiocarbonyl (C=S) groups is 1. The second-order valence-electron chi connectivity index (χ2n) is 2.72. The Bertz CT molecular complexity index is 360. The van der Waals surface area contributed by atoms with Crippen LogP contribution in [0.1, 0.15) is 11.5 Å². The van der Waals surface area contributed by atoms with Crippen LogP contribution in [0.5, 0.6) is 0 Å². The van der Waals surface area contributed by atoms with Gasteiger partial charge >= 0.3 is 0 Å². The van der Waals surface area contributed by atoms with E-state index in [1.165, 1.54) is 6.39 Å². The molecule has 0 aliphatic heterocycles. The van der Waals surface area contributed by atoms with E-state index in [9.17, 15) is 0 Å². The number of nitrogens with two attached hydrogens (primary N) is 1. The van der Waals surface area contributed by atoms with Crippen molar-refractivity contribution >= 4 is 23.0 Å². The van der Waals surface area contributed by atoms with Crippen molar-refractivity contribution in [2.24, 2.45) is 5.84 Å². The lowest BCUT2D eigenvalue weighted by Gasteiger charge is -2.19. The van der Waals surface area contributed by atoms with Crippen LogP contribution in [0.4, 0.5) is 0 Å². The Morgan fingerprint density at radius 2 is 2.43 bits per heavy atom. The summed E-state index contributed by atoms with van der Waals surface area (Å²) >= 11 is 4.94. The van der Waals surface area contributed by atoms with Gasteiger partial charge in [0.2, 0.25) is 0 Å². The molecule has 0 fully saturated rings. The summed E-state index contributed by atoms with van der Waals surface area (Å²) in [5.41, 5.74) is 3.74. The third kappa shape index (κ3) is 1.91. The van der Waals surface area contributed by atoms with E-state index in [1.54, 1.807) is 11.9 Å². The van der Waals surface area contributed by atoms with Gasteiger partial charge in [-0.3, -0.25) is 0 Å². The Hall–Kier alpha value is -1.40. The average molecular weight is 212 g/mol. The quantitative estimate of drug-likeness (QED) is 0.426. The van der Waals surface area contributed by atoms with E-state index >= 15 is 0 Å². The molecular formula is C8H12N4OS. The van der Waals surface area contributed by atoms with Crippen LogP contribution < -0.4 is 11.3 Å². The molecule has 14 heavy (non-hydrogen) atoms. The Kier molecular flexibility index (Phi) is 3.21. The van der Waals surface area contributed by atoms with Crippen molar-refractivity contribution in [3.8, 4) is 0 Å². The highest BCUT2D eigenvalue weighted by atomic mass is 32.1. The topological polar surface area (TPSA) is 67.3 Å². The normalized spacial score (nSPS) is 9.64. The maximum Gasteiger partial charge on any atom is 0.187 e. The van der Waals surface area contributed by atoms with Gasteiger partial charge in [-0.1, -0.05) is 6.58 Å². The van der Waals surface area contributed by atoms with Crippen LogP contribution in [-0.4, -0.2) is 22.0 Å². The van der Waals surface area contributed by atoms with Gasteiger partial charge in [-0.05, 0) is 19.1 Å². The second-order valence-corrected chi connectivity index (χ2v) is 3.11. The molecule has 0 saturated heterocycles. The van der Waals surface area contributed by atoms with E-state index in [-0.39, 0.29) is 0 Å². The third-order valence-electron chi connectivity index (χ3n) is 1.84. The third-order valence-corrected chi connectivity index (χ3v) is 2.23. The Morgan fingerprint density at radius 3 is 2.86 bits per heavy atom. The largest absolute Gasteiger partial charge is 0.442 e. The summed E-state index contributed by atoms with van der Waals surface area (Å²) in [5.74, 6) is 5.78. The number of nitrogens with zero attached hydrogens (tertiary/aromatic N) is 2. The molecule has 0 radical (unpaired) electrons. The first-order valence-electron chi connectivity index (χ1n) is 3.91. The Balaban J connectivity index is 2.86. The summed E-state index contributed by atoms with van der Waals surface area (Å²) in [7, 11) is 1.74. The SMILES string of the molecule is C=C(c1ocnc1C)N(C)C(=S)NN. The molecule has 5 nitrogen and oxygen atoms in total. The van der Waals surface area contributed by atoms with Gasteiger partial charge in [0.15, 0.2) is 17.3 Å². The van der Waals surface area contributed by atoms with Crippen molar-refractivity contribution in [3.63, 3.8) is 0 Å². The minimum Gasteiger partial charge on any atom is -0.442 e. The van der Waals surface area contributed by atoms with Gasteiger partial charge in [-0.2, -0.15) is 0 Å². The van der Waals surface area contributed by atoms with Crippen LogP contribution in [-0.2, 0) is 0 Å². The minimum absolute atomic E-state index is 0.366. The molecule has 6 heteroatoms. The lowest BCUT2D eigenvalue weighted by Crippen LogP contribution is -2.39. The monoisotopic (exact) mass is 212 g/mol. The summed E-state index contributed by atoms with van der Waals surface area (Å²) in [4.78, 5) is 5.57. The number of oxazole rings is 1. The van der Waals surface area contributed by atoms with E-state index in [0.29, 0.717) is 16.6 Å². The van der Waals surface area contributed by atoms with Crippen LogP contribution in [0, 0.1) is 6.92 Å². The van der Waals surface area contributed by atoms with Crippen LogP contribution in [0.15, 0.2) is 17.4 Å². The molecule has 1 heterocycles. The molecule has 0 unspecified atom stereocenters. The van der Waals surface area contributed by atoms with Crippen LogP contribution in [0.25, 0.3) is 5.70 Å². The fraction of sp³-hybridized carbons (Fsp3) is 0.250. The number of hydrogen-bond acceptors (Lipinski definition) is 4. The van der Waals surface area contributed by atoms with E-state index in [2.05, 4.69) is 17.0 Å². The highest BCUT2D eigenvalue weighted by Gasteiger charge is 2.14. The number of hydrazine groups is 1. The van der Waals surface area contributed by atoms with Crippen molar-refractivity contribution in [1.29, 1.82) is 0 Å². The summed E-state index contributed by atoms with van der Waals surface area (Å²) < 4.78 is 5.16. The van der Waals surface area contributed by atoms with Crippen LogP contribution >= 0.6 is 12.2 Å². The summed E-state index contributed by atoms with van der Waals surface area (Å²) in [6.07, 6.45) is 1.36. The average Bonchev–Trinajstić information content (AvgIpc) is 2.61. The van der Waals surface area contributed by atoms with E-state index in [0.717, 1.165) is 5.69 Å². The molecule has 0 saturated carbocycles. The number of aryl methyl sites for hydroxylation is 1. The minimum atomic E-state index is 0.366. The molecule has 1 rings (SSSR count). The number of hydrogen-bond donors (Lipinski definition) is 2. The van der Waals surface area contributed by atoms with Crippen LogP contribution in [0.3, 0.4) is 0 Å². The molecule has 0 bridgehead atoms. The van der Waals surface area contributed by atoms with Crippen molar-refractivity contribution in [2.75, 3.05) is 7.05 Å². The Morgan fingerprint density at radius 1 is 1.79 bits per heavy atom. The highest BCUT2D eigenvalue weighted by Crippen LogP contribution is 2.18. The molecule has 0 aromatic carbocycles.